The zero-order valence-corrected chi connectivity index (χ0v) is 13.7. The average molecular weight is 340 g/mol. The molecular formula is C16H16N6OS. The predicted molar refractivity (Wildman–Crippen MR) is 92.9 cm³/mol. The highest BCUT2D eigenvalue weighted by Crippen LogP contribution is 2.21. The second-order valence-electron chi connectivity index (χ2n) is 5.60. The molecule has 4 rings (SSSR count). The fourth-order valence-electron chi connectivity index (χ4n) is 2.83. The number of nitrogens with one attached hydrogen (secondary N) is 1. The summed E-state index contributed by atoms with van der Waals surface area (Å²) in [6, 6.07) is 4.06. The zero-order chi connectivity index (χ0) is 16.4. The van der Waals surface area contributed by atoms with Crippen LogP contribution < -0.4 is 10.2 Å². The maximum atomic E-state index is 12.1. The largest absolute Gasteiger partial charge is 0.351 e. The number of amides is 1. The first-order valence-electron chi connectivity index (χ1n) is 7.71. The van der Waals surface area contributed by atoms with Gasteiger partial charge in [-0.2, -0.15) is 0 Å². The van der Waals surface area contributed by atoms with Crippen molar-refractivity contribution in [1.29, 1.82) is 0 Å². The van der Waals surface area contributed by atoms with Crippen LogP contribution in [0.1, 0.15) is 11.3 Å². The molecular weight excluding hydrogens is 324 g/mol. The molecule has 1 unspecified atom stereocenters. The Morgan fingerprint density at radius 2 is 2.42 bits per heavy atom. The second-order valence-corrected chi connectivity index (χ2v) is 6.58. The SMILES string of the molecule is O=C(/C=C/c1cccs1)NC1CCN(c2nccn3cnnc23)C1. The van der Waals surface area contributed by atoms with Gasteiger partial charge < -0.3 is 10.2 Å². The van der Waals surface area contributed by atoms with E-state index in [1.165, 1.54) is 0 Å². The Labute approximate surface area is 142 Å². The van der Waals surface area contributed by atoms with Crippen molar-refractivity contribution in [3.63, 3.8) is 0 Å². The van der Waals surface area contributed by atoms with Gasteiger partial charge in [-0.05, 0) is 23.9 Å². The number of hydrogen-bond donors (Lipinski definition) is 1. The minimum atomic E-state index is -0.0658. The molecule has 1 atom stereocenters. The van der Waals surface area contributed by atoms with Gasteiger partial charge in [0.15, 0.2) is 5.82 Å². The maximum Gasteiger partial charge on any atom is 0.244 e. The molecule has 0 aliphatic carbocycles. The van der Waals surface area contributed by atoms with Gasteiger partial charge in [0.1, 0.15) is 6.33 Å². The normalized spacial score (nSPS) is 17.8. The molecule has 1 aliphatic heterocycles. The molecule has 3 aromatic heterocycles. The summed E-state index contributed by atoms with van der Waals surface area (Å²) in [6.07, 6.45) is 9.53. The number of anilines is 1. The molecule has 1 saturated heterocycles. The van der Waals surface area contributed by atoms with E-state index in [-0.39, 0.29) is 11.9 Å². The quantitative estimate of drug-likeness (QED) is 0.730. The van der Waals surface area contributed by atoms with Crippen molar-refractivity contribution in [2.24, 2.45) is 0 Å². The number of fused-ring (bicyclic) bond motifs is 1. The van der Waals surface area contributed by atoms with E-state index in [9.17, 15) is 4.79 Å². The maximum absolute atomic E-state index is 12.1. The van der Waals surface area contributed by atoms with E-state index in [0.717, 1.165) is 35.9 Å². The first-order valence-corrected chi connectivity index (χ1v) is 8.59. The fourth-order valence-corrected chi connectivity index (χ4v) is 3.45. The zero-order valence-electron chi connectivity index (χ0n) is 12.9. The Balaban J connectivity index is 1.40. The minimum Gasteiger partial charge on any atom is -0.351 e. The van der Waals surface area contributed by atoms with E-state index in [1.54, 1.807) is 29.9 Å². The van der Waals surface area contributed by atoms with Gasteiger partial charge >= 0.3 is 0 Å². The van der Waals surface area contributed by atoms with Crippen LogP contribution in [0.3, 0.4) is 0 Å². The van der Waals surface area contributed by atoms with Crippen molar-refractivity contribution in [3.8, 4) is 0 Å². The summed E-state index contributed by atoms with van der Waals surface area (Å²) >= 11 is 1.61. The number of carbonyl (C=O) groups excluding carboxylic acids is 1. The molecule has 0 bridgehead atoms. The van der Waals surface area contributed by atoms with E-state index >= 15 is 0 Å². The van der Waals surface area contributed by atoms with Crippen LogP contribution in [0.4, 0.5) is 5.82 Å². The van der Waals surface area contributed by atoms with Crippen molar-refractivity contribution in [1.82, 2.24) is 24.9 Å². The molecule has 0 spiro atoms. The summed E-state index contributed by atoms with van der Waals surface area (Å²) in [5, 5.41) is 13.1. The third-order valence-electron chi connectivity index (χ3n) is 3.97. The molecule has 0 saturated carbocycles. The van der Waals surface area contributed by atoms with Gasteiger partial charge in [0, 0.05) is 42.5 Å². The highest BCUT2D eigenvalue weighted by molar-refractivity contribution is 7.10. The van der Waals surface area contributed by atoms with Crippen molar-refractivity contribution >= 4 is 34.8 Å². The third-order valence-corrected chi connectivity index (χ3v) is 4.81. The first kappa shape index (κ1) is 14.8. The van der Waals surface area contributed by atoms with Crippen molar-refractivity contribution in [3.05, 3.63) is 47.2 Å². The molecule has 1 amide bonds. The molecule has 122 valence electrons. The Morgan fingerprint density at radius 3 is 3.29 bits per heavy atom. The van der Waals surface area contributed by atoms with Gasteiger partial charge in [-0.15, -0.1) is 21.5 Å². The molecule has 7 nitrogen and oxygen atoms in total. The predicted octanol–water partition coefficient (Wildman–Crippen LogP) is 1.59. The monoisotopic (exact) mass is 340 g/mol. The lowest BCUT2D eigenvalue weighted by atomic mass is 10.2. The minimum absolute atomic E-state index is 0.0658. The summed E-state index contributed by atoms with van der Waals surface area (Å²) < 4.78 is 1.85. The van der Waals surface area contributed by atoms with Gasteiger partial charge in [0.25, 0.3) is 0 Å². The number of carbonyl (C=O) groups is 1. The van der Waals surface area contributed by atoms with Crippen molar-refractivity contribution < 1.29 is 4.79 Å². The van der Waals surface area contributed by atoms with Crippen LogP contribution in [0.5, 0.6) is 0 Å². The number of thiophene rings is 1. The van der Waals surface area contributed by atoms with E-state index in [4.69, 9.17) is 0 Å². The van der Waals surface area contributed by atoms with Gasteiger partial charge in [-0.25, -0.2) is 4.98 Å². The van der Waals surface area contributed by atoms with E-state index < -0.39 is 0 Å². The Kier molecular flexibility index (Phi) is 3.96. The van der Waals surface area contributed by atoms with Crippen LogP contribution in [0.2, 0.25) is 0 Å². The summed E-state index contributed by atoms with van der Waals surface area (Å²) in [4.78, 5) is 19.7. The van der Waals surface area contributed by atoms with Crippen LogP contribution in [-0.4, -0.2) is 44.6 Å². The highest BCUT2D eigenvalue weighted by Gasteiger charge is 2.26. The molecule has 24 heavy (non-hydrogen) atoms. The summed E-state index contributed by atoms with van der Waals surface area (Å²) in [7, 11) is 0. The molecule has 3 aromatic rings. The molecule has 0 aromatic carbocycles. The number of aromatic nitrogens is 4. The molecule has 8 heteroatoms. The van der Waals surface area contributed by atoms with Crippen molar-refractivity contribution in [2.75, 3.05) is 18.0 Å². The van der Waals surface area contributed by atoms with Gasteiger partial charge in [0.2, 0.25) is 11.6 Å². The van der Waals surface area contributed by atoms with E-state index in [1.807, 2.05) is 34.2 Å². The summed E-state index contributed by atoms with van der Waals surface area (Å²) in [6.45, 7) is 1.55. The topological polar surface area (TPSA) is 75.4 Å². The van der Waals surface area contributed by atoms with Crippen LogP contribution in [-0.2, 0) is 4.79 Å². The second kappa shape index (κ2) is 6.40. The Hall–Kier alpha value is -2.74. The molecule has 1 aliphatic rings. The van der Waals surface area contributed by atoms with Gasteiger partial charge in [-0.1, -0.05) is 6.07 Å². The van der Waals surface area contributed by atoms with Crippen LogP contribution in [0.25, 0.3) is 11.7 Å². The van der Waals surface area contributed by atoms with Gasteiger partial charge in [0.05, 0.1) is 0 Å². The standard InChI is InChI=1S/C16H16N6OS/c23-14(4-3-13-2-1-9-24-13)19-12-5-7-21(10-12)15-16-20-18-11-22(16)8-6-17-15/h1-4,6,8-9,11-12H,5,7,10H2,(H,19,23)/b4-3+. The summed E-state index contributed by atoms with van der Waals surface area (Å²) in [5.74, 6) is 0.741. The smallest absolute Gasteiger partial charge is 0.244 e. The number of hydrogen-bond acceptors (Lipinski definition) is 6. The summed E-state index contributed by atoms with van der Waals surface area (Å²) in [5.41, 5.74) is 0.738. The average Bonchev–Trinajstić information content (AvgIpc) is 3.33. The molecule has 1 N–H and O–H groups in total. The van der Waals surface area contributed by atoms with Crippen LogP contribution in [0.15, 0.2) is 42.3 Å². The van der Waals surface area contributed by atoms with E-state index in [2.05, 4.69) is 25.4 Å². The molecule has 4 heterocycles. The fraction of sp³-hybridized carbons (Fsp3) is 0.250. The Bertz CT molecular complexity index is 872. The molecule has 0 radical (unpaired) electrons. The third kappa shape index (κ3) is 3.00. The lowest BCUT2D eigenvalue weighted by Crippen LogP contribution is -2.36. The van der Waals surface area contributed by atoms with Crippen molar-refractivity contribution in [2.45, 2.75) is 12.5 Å². The number of rotatable bonds is 4. The Morgan fingerprint density at radius 1 is 1.46 bits per heavy atom. The van der Waals surface area contributed by atoms with Crippen LogP contribution >= 0.6 is 11.3 Å². The first-order chi connectivity index (χ1) is 11.8. The van der Waals surface area contributed by atoms with Gasteiger partial charge in [-0.3, -0.25) is 9.20 Å². The number of nitrogens with zero attached hydrogens (tertiary/aromatic N) is 5. The molecule has 1 fully saturated rings. The highest BCUT2D eigenvalue weighted by atomic mass is 32.1. The van der Waals surface area contributed by atoms with E-state index in [0.29, 0.717) is 0 Å². The van der Waals surface area contributed by atoms with Crippen LogP contribution in [0, 0.1) is 0 Å². The lowest BCUT2D eigenvalue weighted by Gasteiger charge is -2.17. The lowest BCUT2D eigenvalue weighted by molar-refractivity contribution is -0.117.